The predicted octanol–water partition coefficient (Wildman–Crippen LogP) is 17.8. The van der Waals surface area contributed by atoms with Gasteiger partial charge < -0.3 is 67.0 Å². The van der Waals surface area contributed by atoms with Gasteiger partial charge in [-0.1, -0.05) is 121 Å². The van der Waals surface area contributed by atoms with Gasteiger partial charge in [0, 0.05) is 60.4 Å². The number of nitrogens with zero attached hydrogens (tertiary/aromatic N) is 7. The Morgan fingerprint density at radius 2 is 0.791 bits per heavy atom. The molecule has 7 aromatic carbocycles. The number of carbonyl (C=O) groups excluding carboxylic acids is 8. The number of carboxylic acid groups (broad SMARTS) is 1. The Kier molecular flexibility index (Phi) is 35.3. The van der Waals surface area contributed by atoms with E-state index in [2.05, 4.69) is 52.2 Å². The number of carboxylic acids is 1. The molecule has 0 aliphatic heterocycles. The largest absolute Gasteiger partial charge is 0.478 e. The number of anilines is 2. The first kappa shape index (κ1) is 101. The number of nitrogen functional groups attached to an aromatic ring is 1. The lowest BCUT2D eigenvalue weighted by Crippen LogP contribution is -2.46. The molecule has 10 N–H and O–H groups in total. The number of Topliss-reactive ketones (excluding diaryl/α,β-unsaturated/α-hetero) is 1. The number of alkyl carbamates (subject to hydrolysis) is 4. The van der Waals surface area contributed by atoms with Crippen LogP contribution in [0, 0.1) is 28.8 Å². The number of halogens is 3. The Morgan fingerprint density at radius 3 is 1.12 bits per heavy atom. The zero-order valence-electron chi connectivity index (χ0n) is 75.9. The van der Waals surface area contributed by atoms with Crippen LogP contribution in [-0.2, 0) is 39.8 Å². The molecule has 0 bridgehead atoms. The zero-order chi connectivity index (χ0) is 95.7. The molecular weight excluding hydrogens is 1660 g/mol. The fraction of sp³-hybridized carbons (Fsp3) is 0.323. The molecule has 4 aromatic heterocycles. The van der Waals surface area contributed by atoms with Crippen LogP contribution >= 0.6 is 0 Å². The molecule has 0 aliphatic carbocycles. The number of nitrogens with one attached hydrogen (secondary N) is 7. The van der Waals surface area contributed by atoms with Gasteiger partial charge in [0.25, 0.3) is 17.7 Å². The summed E-state index contributed by atoms with van der Waals surface area (Å²) in [6.45, 7) is 29.7. The van der Waals surface area contributed by atoms with Crippen LogP contribution in [0.5, 0.6) is 0 Å². The van der Waals surface area contributed by atoms with E-state index in [0.29, 0.717) is 84.2 Å². The number of hydrogen-bond donors (Lipinski definition) is 9. The van der Waals surface area contributed by atoms with Gasteiger partial charge in [-0.15, -0.1) is 0 Å². The number of aromatic carboxylic acids is 1. The number of fused-ring (bicyclic) bond motifs is 3. The maximum absolute atomic E-state index is 14.2. The highest BCUT2D eigenvalue weighted by atomic mass is 19.1. The molecule has 5 atom stereocenters. The number of hydrogen-bond acceptors (Lipinski definition) is 22. The highest BCUT2D eigenvalue weighted by molar-refractivity contribution is 6.14. The van der Waals surface area contributed by atoms with E-state index >= 15 is 0 Å². The third-order valence-electron chi connectivity index (χ3n) is 18.4. The molecule has 0 fully saturated rings. The van der Waals surface area contributed by atoms with Crippen LogP contribution in [0.15, 0.2) is 182 Å². The number of amides is 7. The number of ether oxygens (including phenoxy) is 4. The van der Waals surface area contributed by atoms with E-state index in [1.165, 1.54) is 83.1 Å². The van der Waals surface area contributed by atoms with Crippen LogP contribution in [0.25, 0.3) is 66.1 Å². The van der Waals surface area contributed by atoms with Gasteiger partial charge in [0.1, 0.15) is 75.5 Å². The predicted molar refractivity (Wildman–Crippen MR) is 487 cm³/mol. The lowest BCUT2D eigenvalue weighted by molar-refractivity contribution is -0.170. The van der Waals surface area contributed by atoms with Crippen LogP contribution in [0.3, 0.4) is 0 Å². The number of nitriles is 1. The second-order valence-electron chi connectivity index (χ2n) is 33.4. The number of carbonyl (C=O) groups is 9. The first-order valence-electron chi connectivity index (χ1n) is 40.9. The maximum atomic E-state index is 14.2. The highest BCUT2D eigenvalue weighted by Crippen LogP contribution is 2.40. The summed E-state index contributed by atoms with van der Waals surface area (Å²) in [6.07, 6.45) is -0.874. The van der Waals surface area contributed by atoms with Gasteiger partial charge in [0.15, 0.2) is 5.78 Å². The average molecular weight is 1770 g/mol. The number of benzene rings is 7. The lowest BCUT2D eigenvalue weighted by Gasteiger charge is -2.24. The number of ketones is 1. The highest BCUT2D eigenvalue weighted by Gasteiger charge is 2.32. The van der Waals surface area contributed by atoms with E-state index in [0.717, 1.165) is 27.8 Å². The van der Waals surface area contributed by atoms with Crippen molar-refractivity contribution in [2.45, 2.75) is 177 Å². The van der Waals surface area contributed by atoms with Gasteiger partial charge in [0.2, 0.25) is 0 Å². The molecule has 680 valence electrons. The second-order valence-corrected chi connectivity index (χ2v) is 33.4. The van der Waals surface area contributed by atoms with Crippen LogP contribution in [0.4, 0.5) is 44.0 Å². The molecule has 0 saturated carbocycles. The van der Waals surface area contributed by atoms with E-state index < -0.39 is 100 Å². The van der Waals surface area contributed by atoms with Gasteiger partial charge in [-0.3, -0.25) is 24.0 Å². The van der Waals surface area contributed by atoms with Crippen molar-refractivity contribution >= 4 is 98.2 Å². The molecule has 7 amide bonds. The van der Waals surface area contributed by atoms with E-state index in [4.69, 9.17) is 39.5 Å². The van der Waals surface area contributed by atoms with E-state index in [1.54, 1.807) is 141 Å². The third kappa shape index (κ3) is 29.5. The summed E-state index contributed by atoms with van der Waals surface area (Å²) in [5, 5.41) is 40.4. The molecule has 0 aliphatic rings. The summed E-state index contributed by atoms with van der Waals surface area (Å²) in [5.74, 6) is -3.54. The average Bonchev–Trinajstić information content (AvgIpc) is 0.759. The Hall–Kier alpha value is -14.7. The SMILES string of the molecule is CC(NC(=O)OC(C)(C)C)c1nc2ccc(F)cc2c(C(=O)O)c1-c1ccccc1.CNC(=O)c1c(-c2ccccc2)c(C(C)NC(=O)OC(C)(C)C)nc2ccc(F)cc12.CNC(=O)c1c(-c2ccccc2)c([C@H](C)Nc2ncnc(N)c2C#N)nc2ccc(F)cc12.CON(C)C(=O)[C@H](C)NC(=O)OC(C)(C)C.C[C@H](NC(=O)OC(C)(C)C)C(=O)Cc1ccccc1. The van der Waals surface area contributed by atoms with Gasteiger partial charge >= 0.3 is 30.3 Å². The monoisotopic (exact) mass is 1770 g/mol. The summed E-state index contributed by atoms with van der Waals surface area (Å²) < 4.78 is 62.9. The number of likely N-dealkylation sites (N-methyl/N-ethyl adjacent to an activating group) is 1. The second kappa shape index (κ2) is 45.0. The summed E-state index contributed by atoms with van der Waals surface area (Å²) in [4.78, 5) is 136. The molecule has 4 heterocycles. The Bertz CT molecular complexity index is 5890. The summed E-state index contributed by atoms with van der Waals surface area (Å²) >= 11 is 0. The molecule has 0 radical (unpaired) electrons. The number of pyridine rings is 3. The van der Waals surface area contributed by atoms with Crippen molar-refractivity contribution in [3.63, 3.8) is 0 Å². The Balaban J connectivity index is 0.000000226. The maximum Gasteiger partial charge on any atom is 0.408 e. The van der Waals surface area contributed by atoms with E-state index in [-0.39, 0.29) is 51.7 Å². The molecule has 33 heteroatoms. The Labute approximate surface area is 747 Å². The summed E-state index contributed by atoms with van der Waals surface area (Å²) in [5.41, 5.74) is 11.0. The molecule has 129 heavy (non-hydrogen) atoms. The molecule has 11 aromatic rings. The lowest BCUT2D eigenvalue weighted by atomic mass is 9.91. The normalized spacial score (nSPS) is 12.3. The van der Waals surface area contributed by atoms with Crippen molar-refractivity contribution in [3.05, 3.63) is 245 Å². The molecule has 0 spiro atoms. The molecular formula is C96H110F3N15O15. The zero-order valence-corrected chi connectivity index (χ0v) is 75.9. The molecule has 0 saturated heterocycles. The van der Waals surface area contributed by atoms with Crippen molar-refractivity contribution in [1.82, 2.24) is 61.9 Å². The van der Waals surface area contributed by atoms with E-state index in [1.807, 2.05) is 104 Å². The van der Waals surface area contributed by atoms with Crippen molar-refractivity contribution in [3.8, 4) is 39.4 Å². The molecule has 11 rings (SSSR count). The quantitative estimate of drug-likeness (QED) is 0.0253. The fourth-order valence-electron chi connectivity index (χ4n) is 12.8. The molecule has 2 unspecified atom stereocenters. The fourth-order valence-corrected chi connectivity index (χ4v) is 12.8. The van der Waals surface area contributed by atoms with Crippen LogP contribution in [-0.4, -0.2) is 152 Å². The van der Waals surface area contributed by atoms with Gasteiger partial charge in [0.05, 0.1) is 81.6 Å². The van der Waals surface area contributed by atoms with Gasteiger partial charge in [-0.25, -0.2) is 67.1 Å². The third-order valence-corrected chi connectivity index (χ3v) is 18.4. The number of hydroxylamine groups is 2. The smallest absolute Gasteiger partial charge is 0.408 e. The van der Waals surface area contributed by atoms with Crippen molar-refractivity contribution in [2.24, 2.45) is 0 Å². The van der Waals surface area contributed by atoms with Crippen molar-refractivity contribution in [1.29, 1.82) is 5.26 Å². The summed E-state index contributed by atoms with van der Waals surface area (Å²) in [6, 6.07) is 47.8. The Morgan fingerprint density at radius 1 is 0.465 bits per heavy atom. The van der Waals surface area contributed by atoms with Crippen LogP contribution in [0.1, 0.15) is 195 Å². The number of rotatable bonds is 20. The van der Waals surface area contributed by atoms with Gasteiger partial charge in [-0.2, -0.15) is 5.26 Å². The van der Waals surface area contributed by atoms with Crippen molar-refractivity contribution in [2.75, 3.05) is 39.3 Å². The van der Waals surface area contributed by atoms with Crippen LogP contribution < -0.4 is 43.0 Å². The first-order chi connectivity index (χ1) is 60.6. The number of aromatic nitrogens is 5. The first-order valence-corrected chi connectivity index (χ1v) is 40.9. The number of nitrogens with two attached hydrogens (primary N) is 1. The van der Waals surface area contributed by atoms with Crippen LogP contribution in [0.2, 0.25) is 0 Å². The minimum absolute atomic E-state index is 0.0444. The van der Waals surface area contributed by atoms with E-state index in [9.17, 15) is 66.7 Å². The minimum atomic E-state index is -1.21. The molecule has 30 nitrogen and oxygen atoms in total. The van der Waals surface area contributed by atoms with Crippen molar-refractivity contribution < 1.29 is 85.2 Å². The minimum Gasteiger partial charge on any atom is -0.478 e. The summed E-state index contributed by atoms with van der Waals surface area (Å²) in [7, 11) is 5.88. The van der Waals surface area contributed by atoms with Gasteiger partial charge in [-0.05, 0) is 195 Å². The standard InChI is InChI=1S/C24H20FN7O.C24H26FN3O3.C23H23FN2O4.C15H21NO3.C10H20N2O4/c1-13(31-23-17(11-26)22(27)29-12-30-23)21-19(14-6-4-3-5-7-14)20(24(33)28-2)16-10-15(25)8-9-18(16)32-21;1-14(27-23(30)31-24(2,3)4)21-19(15-9-7-6-8-10-15)20(22(29)26-5)17-13-16(25)11-12-18(17)28-21;1-13(25-22(29)30-23(2,3)4)20-18(14-8-6-5-7-9-14)19(21(27)28)16-12-15(24)10-11-17(16)26-20;1-11(16-14(18)19-15(2,3)4)13(17)10-12-8-6-5-7-9-12;1-7(8(13)12(5)15-6)11-9(14)16-10(2,3)4/h3-10,12-13H,1-2H3,(H,28,33)(H3,27,29,30,31);6-14H,1-5H3,(H,26,29)(H,27,30);5-13H,1-4H3,(H,25,29)(H,27,28);5-9,11H,10H2,1-4H3,(H,16,18);7H,1-6H3,(H,11,14)/t13-;;;11-;7-/m0..00/s1. The topological polar surface area (TPSA) is 422 Å².